The molecule has 4 aliphatic rings. The molecule has 12 heteroatoms. The van der Waals surface area contributed by atoms with E-state index >= 15 is 0 Å². The largest absolute Gasteiger partial charge is 0.504 e. The SMILES string of the molecule is CN1CCC23c4c5ccc(O)c4OC2C(OC(=O)C[C@H](OC(=O)/C=C/C(=O)O)C(=O)O)=CC[C@@]3(O)[C@H]1C5. The highest BCUT2D eigenvalue weighted by molar-refractivity contribution is 5.92. The van der Waals surface area contributed by atoms with Gasteiger partial charge in [0.05, 0.1) is 17.4 Å². The van der Waals surface area contributed by atoms with Crippen LogP contribution in [-0.2, 0) is 40.5 Å². The maximum Gasteiger partial charge on any atom is 0.345 e. The number of likely N-dealkylation sites (N-methyl/N-ethyl adjacent to an activating group) is 1. The smallest absolute Gasteiger partial charge is 0.345 e. The Bertz CT molecular complexity index is 1270. The number of piperidine rings is 1. The van der Waals surface area contributed by atoms with E-state index < -0.39 is 53.5 Å². The van der Waals surface area contributed by atoms with E-state index in [1.807, 2.05) is 13.1 Å². The van der Waals surface area contributed by atoms with Crippen molar-refractivity contribution in [2.45, 2.75) is 54.9 Å². The van der Waals surface area contributed by atoms with Crippen molar-refractivity contribution in [3.63, 3.8) is 0 Å². The average molecular weight is 515 g/mol. The normalized spacial score (nSPS) is 30.1. The Hall–Kier alpha value is -3.90. The zero-order valence-corrected chi connectivity index (χ0v) is 19.7. The van der Waals surface area contributed by atoms with Crippen molar-refractivity contribution in [3.05, 3.63) is 47.2 Å². The lowest BCUT2D eigenvalue weighted by Gasteiger charge is -2.61. The highest BCUT2D eigenvalue weighted by Crippen LogP contribution is 2.65. The molecule has 4 N–H and O–H groups in total. The molecular weight excluding hydrogens is 490 g/mol. The number of aliphatic hydroxyl groups is 1. The van der Waals surface area contributed by atoms with Gasteiger partial charge in [-0.05, 0) is 44.1 Å². The van der Waals surface area contributed by atoms with Gasteiger partial charge >= 0.3 is 23.9 Å². The number of rotatable bonds is 7. The lowest BCUT2D eigenvalue weighted by atomic mass is 9.50. The predicted octanol–water partition coefficient (Wildman–Crippen LogP) is 0.240. The molecule has 1 aromatic rings. The molecule has 2 bridgehead atoms. The van der Waals surface area contributed by atoms with Crippen LogP contribution in [0.3, 0.4) is 0 Å². The van der Waals surface area contributed by atoms with Crippen molar-refractivity contribution >= 4 is 23.9 Å². The van der Waals surface area contributed by atoms with Gasteiger partial charge in [-0.25, -0.2) is 14.4 Å². The first-order valence-electron chi connectivity index (χ1n) is 11.7. The summed E-state index contributed by atoms with van der Waals surface area (Å²) in [5.41, 5.74) is -0.622. The van der Waals surface area contributed by atoms with Crippen LogP contribution in [0.25, 0.3) is 0 Å². The van der Waals surface area contributed by atoms with Gasteiger partial charge in [-0.15, -0.1) is 0 Å². The molecule has 0 radical (unpaired) electrons. The van der Waals surface area contributed by atoms with E-state index in [1.54, 1.807) is 0 Å². The first kappa shape index (κ1) is 24.8. The number of esters is 2. The molecule has 12 nitrogen and oxygen atoms in total. The van der Waals surface area contributed by atoms with Gasteiger partial charge in [-0.3, -0.25) is 4.79 Å². The molecule has 2 aliphatic heterocycles. The first-order chi connectivity index (χ1) is 17.5. The Labute approximate surface area is 210 Å². The standard InChI is InChI=1S/C25H25NO11/c1-26-9-8-24-20-12-2-3-13(27)21(20)37-22(24)14(6-7-25(24,34)16(26)10-12)35-19(31)11-15(23(32)33)36-18(30)5-4-17(28)29/h2-6,15-16,22,27,34H,7-11H2,1H3,(H,28,29)(H,32,33)/b5-4+/t15-,16+,22?,24?,25+/m0/s1. The van der Waals surface area contributed by atoms with Gasteiger partial charge in [0.2, 0.25) is 6.10 Å². The maximum absolute atomic E-state index is 12.8. The number of carboxylic acids is 2. The second kappa shape index (κ2) is 8.60. The third-order valence-electron chi connectivity index (χ3n) is 7.83. The van der Waals surface area contributed by atoms with Crippen LogP contribution >= 0.6 is 0 Å². The Balaban J connectivity index is 1.42. The van der Waals surface area contributed by atoms with Gasteiger partial charge in [-0.2, -0.15) is 0 Å². The van der Waals surface area contributed by atoms with Crippen LogP contribution in [0.5, 0.6) is 11.5 Å². The van der Waals surface area contributed by atoms with E-state index in [0.29, 0.717) is 37.1 Å². The topological polar surface area (TPSA) is 180 Å². The number of hydrogen-bond acceptors (Lipinski definition) is 10. The third kappa shape index (κ3) is 3.66. The molecule has 1 fully saturated rings. The third-order valence-corrected chi connectivity index (χ3v) is 7.83. The van der Waals surface area contributed by atoms with Gasteiger partial charge in [0.1, 0.15) is 5.76 Å². The maximum atomic E-state index is 12.8. The molecular formula is C25H25NO11. The van der Waals surface area contributed by atoms with Crippen LogP contribution in [0.15, 0.2) is 36.1 Å². The van der Waals surface area contributed by atoms with E-state index in [4.69, 9.17) is 19.3 Å². The number of ether oxygens (including phenoxy) is 3. The van der Waals surface area contributed by atoms with Crippen molar-refractivity contribution in [1.29, 1.82) is 0 Å². The minimum Gasteiger partial charge on any atom is -0.504 e. The first-order valence-corrected chi connectivity index (χ1v) is 11.7. The Morgan fingerprint density at radius 3 is 2.70 bits per heavy atom. The van der Waals surface area contributed by atoms with Gasteiger partial charge in [0.15, 0.2) is 17.6 Å². The van der Waals surface area contributed by atoms with Crippen LogP contribution in [0, 0.1) is 0 Å². The van der Waals surface area contributed by atoms with Gasteiger partial charge in [0, 0.05) is 30.2 Å². The van der Waals surface area contributed by atoms with E-state index in [0.717, 1.165) is 5.56 Å². The number of carboxylic acid groups (broad SMARTS) is 2. The number of benzene rings is 1. The quantitative estimate of drug-likeness (QED) is 0.287. The van der Waals surface area contributed by atoms with Crippen molar-refractivity contribution < 1.29 is 53.8 Å². The fraction of sp³-hybridized carbons (Fsp3) is 0.440. The molecule has 196 valence electrons. The highest BCUT2D eigenvalue weighted by Gasteiger charge is 2.72. The molecule has 2 aliphatic carbocycles. The molecule has 5 rings (SSSR count). The monoisotopic (exact) mass is 515 g/mol. The molecule has 2 unspecified atom stereocenters. The highest BCUT2D eigenvalue weighted by atomic mass is 16.6. The number of aliphatic carboxylic acids is 2. The number of nitrogens with zero attached hydrogens (tertiary/aromatic N) is 1. The zero-order chi connectivity index (χ0) is 26.7. The summed E-state index contributed by atoms with van der Waals surface area (Å²) < 4.78 is 16.4. The molecule has 0 saturated carbocycles. The molecule has 5 atom stereocenters. The average Bonchev–Trinajstić information content (AvgIpc) is 3.19. The van der Waals surface area contributed by atoms with E-state index in [-0.39, 0.29) is 29.7 Å². The fourth-order valence-corrected chi connectivity index (χ4v) is 6.26. The molecule has 1 spiro atoms. The van der Waals surface area contributed by atoms with E-state index in [1.165, 1.54) is 12.1 Å². The number of hydrogen-bond donors (Lipinski definition) is 4. The number of aromatic hydroxyl groups is 1. The predicted molar refractivity (Wildman–Crippen MR) is 122 cm³/mol. The summed E-state index contributed by atoms with van der Waals surface area (Å²) in [6.45, 7) is 0.628. The molecule has 2 heterocycles. The summed E-state index contributed by atoms with van der Waals surface area (Å²) in [6, 6.07) is 3.10. The fourth-order valence-electron chi connectivity index (χ4n) is 6.26. The molecule has 37 heavy (non-hydrogen) atoms. The number of likely N-dealkylation sites (tertiary alicyclic amines) is 1. The molecule has 0 amide bonds. The second-order valence-corrected chi connectivity index (χ2v) is 9.72. The van der Waals surface area contributed by atoms with Crippen molar-refractivity contribution in [1.82, 2.24) is 4.90 Å². The van der Waals surface area contributed by atoms with Crippen molar-refractivity contribution in [3.8, 4) is 11.5 Å². The number of carbonyl (C=O) groups is 4. The van der Waals surface area contributed by atoms with Crippen LogP contribution in [-0.4, -0.2) is 86.6 Å². The van der Waals surface area contributed by atoms with Crippen LogP contribution in [0.4, 0.5) is 0 Å². The molecule has 1 saturated heterocycles. The summed E-state index contributed by atoms with van der Waals surface area (Å²) in [6.07, 6.45) is -0.0169. The van der Waals surface area contributed by atoms with Crippen molar-refractivity contribution in [2.75, 3.05) is 13.6 Å². The van der Waals surface area contributed by atoms with Gasteiger partial charge in [0.25, 0.3) is 0 Å². The van der Waals surface area contributed by atoms with Gasteiger partial charge in [-0.1, -0.05) is 6.07 Å². The number of phenolic OH excluding ortho intramolecular Hbond substituents is 1. The van der Waals surface area contributed by atoms with Crippen LogP contribution in [0.2, 0.25) is 0 Å². The van der Waals surface area contributed by atoms with E-state index in [9.17, 15) is 34.5 Å². The Kier molecular flexibility index (Phi) is 5.76. The number of carbonyl (C=O) groups excluding carboxylic acids is 2. The Morgan fingerprint density at radius 2 is 2.00 bits per heavy atom. The van der Waals surface area contributed by atoms with Crippen LogP contribution < -0.4 is 4.74 Å². The molecule has 0 aromatic heterocycles. The van der Waals surface area contributed by atoms with Gasteiger partial charge < -0.3 is 39.5 Å². The summed E-state index contributed by atoms with van der Waals surface area (Å²) in [5, 5.41) is 40.6. The lowest BCUT2D eigenvalue weighted by Crippen LogP contribution is -2.74. The zero-order valence-electron chi connectivity index (χ0n) is 19.7. The molecule has 1 aromatic carbocycles. The summed E-state index contributed by atoms with van der Waals surface area (Å²) >= 11 is 0. The summed E-state index contributed by atoms with van der Waals surface area (Å²) in [5.74, 6) is -5.12. The summed E-state index contributed by atoms with van der Waals surface area (Å²) in [7, 11) is 1.94. The lowest BCUT2D eigenvalue weighted by molar-refractivity contribution is -0.172. The minimum atomic E-state index is -1.92. The summed E-state index contributed by atoms with van der Waals surface area (Å²) in [4.78, 5) is 48.7. The second-order valence-electron chi connectivity index (χ2n) is 9.72. The van der Waals surface area contributed by atoms with E-state index in [2.05, 4.69) is 4.90 Å². The number of phenols is 1. The minimum absolute atomic E-state index is 0.0719. The Morgan fingerprint density at radius 1 is 1.24 bits per heavy atom. The van der Waals surface area contributed by atoms with Crippen molar-refractivity contribution in [2.24, 2.45) is 0 Å². The van der Waals surface area contributed by atoms with Crippen LogP contribution in [0.1, 0.15) is 30.4 Å².